The zero-order valence-corrected chi connectivity index (χ0v) is 9.07. The molecule has 13 heavy (non-hydrogen) atoms. The predicted octanol–water partition coefficient (Wildman–Crippen LogP) is 1.68. The molecule has 1 rings (SSSR count). The second-order valence-electron chi connectivity index (χ2n) is 4.73. The van der Waals surface area contributed by atoms with Crippen LogP contribution in [0.2, 0.25) is 0 Å². The molecule has 1 aliphatic rings. The summed E-state index contributed by atoms with van der Waals surface area (Å²) in [4.78, 5) is 0. The molecule has 0 aromatic heterocycles. The lowest BCUT2D eigenvalue weighted by atomic mass is 9.94. The summed E-state index contributed by atoms with van der Waals surface area (Å²) in [5.41, 5.74) is -1.11. The fourth-order valence-corrected chi connectivity index (χ4v) is 2.30. The van der Waals surface area contributed by atoms with Crippen LogP contribution in [0, 0.1) is 0 Å². The lowest BCUT2D eigenvalue weighted by Crippen LogP contribution is -2.49. The molecule has 0 saturated carbocycles. The van der Waals surface area contributed by atoms with Crippen LogP contribution in [0.3, 0.4) is 0 Å². The van der Waals surface area contributed by atoms with Gasteiger partial charge in [0.05, 0.1) is 11.6 Å². The normalized spacial score (nSPS) is 33.9. The monoisotopic (exact) mass is 188 g/mol. The Labute approximate surface area is 79.7 Å². The molecule has 0 aromatic rings. The first kappa shape index (κ1) is 10.9. The van der Waals surface area contributed by atoms with E-state index in [4.69, 9.17) is 0 Å². The summed E-state index contributed by atoms with van der Waals surface area (Å²) in [7, 11) is 0. The SMILES string of the molecule is CCC1N(O)C(C)(C)N(O)C1(C)C. The number of hydroxylamine groups is 4. The maximum Gasteiger partial charge on any atom is 0.116 e. The Kier molecular flexibility index (Phi) is 2.45. The minimum atomic E-state index is -0.704. The van der Waals surface area contributed by atoms with Crippen LogP contribution in [-0.2, 0) is 0 Å². The standard InChI is InChI=1S/C9H20N2O2/c1-6-7-8(2,3)11(13)9(4,5)10(7)12/h7,12-13H,6H2,1-5H3. The van der Waals surface area contributed by atoms with Gasteiger partial charge in [-0.05, 0) is 34.1 Å². The average Bonchev–Trinajstić information content (AvgIpc) is 2.12. The molecule has 1 unspecified atom stereocenters. The van der Waals surface area contributed by atoms with Gasteiger partial charge in [0.15, 0.2) is 0 Å². The summed E-state index contributed by atoms with van der Waals surface area (Å²) in [6, 6.07) is -0.0347. The van der Waals surface area contributed by atoms with E-state index in [-0.39, 0.29) is 6.04 Å². The van der Waals surface area contributed by atoms with E-state index in [0.717, 1.165) is 6.42 Å². The van der Waals surface area contributed by atoms with Gasteiger partial charge in [0.25, 0.3) is 0 Å². The zero-order valence-electron chi connectivity index (χ0n) is 9.07. The topological polar surface area (TPSA) is 46.9 Å². The molecule has 0 bridgehead atoms. The average molecular weight is 188 g/mol. The maximum absolute atomic E-state index is 9.89. The minimum Gasteiger partial charge on any atom is -0.312 e. The quantitative estimate of drug-likeness (QED) is 0.657. The first-order chi connectivity index (χ1) is 5.76. The summed E-state index contributed by atoms with van der Waals surface area (Å²) in [5.74, 6) is 0. The van der Waals surface area contributed by atoms with Crippen LogP contribution in [-0.4, -0.2) is 37.8 Å². The fraction of sp³-hybridized carbons (Fsp3) is 1.00. The second-order valence-corrected chi connectivity index (χ2v) is 4.73. The van der Waals surface area contributed by atoms with E-state index in [0.29, 0.717) is 0 Å². The van der Waals surface area contributed by atoms with Gasteiger partial charge >= 0.3 is 0 Å². The van der Waals surface area contributed by atoms with Crippen molar-refractivity contribution < 1.29 is 10.4 Å². The third-order valence-electron chi connectivity index (χ3n) is 3.12. The first-order valence-corrected chi connectivity index (χ1v) is 4.73. The van der Waals surface area contributed by atoms with Gasteiger partial charge in [-0.25, -0.2) is 0 Å². The van der Waals surface area contributed by atoms with Crippen molar-refractivity contribution in [3.63, 3.8) is 0 Å². The molecule has 0 amide bonds. The van der Waals surface area contributed by atoms with Crippen LogP contribution < -0.4 is 0 Å². The van der Waals surface area contributed by atoms with Crippen LogP contribution in [0.1, 0.15) is 41.0 Å². The van der Waals surface area contributed by atoms with Crippen molar-refractivity contribution in [3.05, 3.63) is 0 Å². The van der Waals surface area contributed by atoms with Gasteiger partial charge in [-0.2, -0.15) is 10.1 Å². The molecule has 1 fully saturated rings. The molecule has 1 saturated heterocycles. The first-order valence-electron chi connectivity index (χ1n) is 4.73. The highest BCUT2D eigenvalue weighted by atomic mass is 16.6. The predicted molar refractivity (Wildman–Crippen MR) is 49.5 cm³/mol. The minimum absolute atomic E-state index is 0.0347. The molecule has 2 N–H and O–H groups in total. The molecule has 0 spiro atoms. The van der Waals surface area contributed by atoms with Crippen LogP contribution in [0.25, 0.3) is 0 Å². The van der Waals surface area contributed by atoms with Crippen LogP contribution in [0.15, 0.2) is 0 Å². The zero-order chi connectivity index (χ0) is 10.4. The van der Waals surface area contributed by atoms with Crippen molar-refractivity contribution in [2.75, 3.05) is 0 Å². The van der Waals surface area contributed by atoms with E-state index in [2.05, 4.69) is 0 Å². The van der Waals surface area contributed by atoms with E-state index in [9.17, 15) is 10.4 Å². The highest BCUT2D eigenvalue weighted by Gasteiger charge is 2.55. The molecular formula is C9H20N2O2. The summed E-state index contributed by atoms with van der Waals surface area (Å²) < 4.78 is 0. The summed E-state index contributed by atoms with van der Waals surface area (Å²) >= 11 is 0. The van der Waals surface area contributed by atoms with E-state index < -0.39 is 11.2 Å². The van der Waals surface area contributed by atoms with Crippen LogP contribution in [0.4, 0.5) is 0 Å². The van der Waals surface area contributed by atoms with Gasteiger partial charge < -0.3 is 10.4 Å². The van der Waals surface area contributed by atoms with Crippen molar-refractivity contribution >= 4 is 0 Å². The van der Waals surface area contributed by atoms with Gasteiger partial charge in [0, 0.05) is 0 Å². The second kappa shape index (κ2) is 2.92. The Morgan fingerprint density at radius 2 is 1.62 bits per heavy atom. The molecule has 1 heterocycles. The summed E-state index contributed by atoms with van der Waals surface area (Å²) in [6.07, 6.45) is 0.810. The molecule has 4 nitrogen and oxygen atoms in total. The molecule has 0 aromatic carbocycles. The lowest BCUT2D eigenvalue weighted by Gasteiger charge is -2.33. The van der Waals surface area contributed by atoms with Gasteiger partial charge in [0.1, 0.15) is 5.66 Å². The molecular weight excluding hydrogens is 168 g/mol. The highest BCUT2D eigenvalue weighted by molar-refractivity contribution is 5.02. The van der Waals surface area contributed by atoms with E-state index >= 15 is 0 Å². The molecule has 1 atom stereocenters. The Morgan fingerprint density at radius 3 is 1.77 bits per heavy atom. The summed E-state index contributed by atoms with van der Waals surface area (Å²) in [6.45, 7) is 9.46. The maximum atomic E-state index is 9.89. The highest BCUT2D eigenvalue weighted by Crippen LogP contribution is 2.40. The largest absolute Gasteiger partial charge is 0.312 e. The van der Waals surface area contributed by atoms with Crippen molar-refractivity contribution in [1.82, 2.24) is 10.1 Å². The van der Waals surface area contributed by atoms with Crippen LogP contribution >= 0.6 is 0 Å². The van der Waals surface area contributed by atoms with E-state index in [1.54, 1.807) is 13.8 Å². The molecule has 0 radical (unpaired) electrons. The third kappa shape index (κ3) is 1.29. The van der Waals surface area contributed by atoms with E-state index in [1.165, 1.54) is 10.1 Å². The van der Waals surface area contributed by atoms with Crippen molar-refractivity contribution in [3.8, 4) is 0 Å². The molecule has 4 heteroatoms. The van der Waals surface area contributed by atoms with Gasteiger partial charge in [-0.3, -0.25) is 0 Å². The van der Waals surface area contributed by atoms with Gasteiger partial charge in [0.2, 0.25) is 0 Å². The Hall–Kier alpha value is -0.160. The van der Waals surface area contributed by atoms with Crippen molar-refractivity contribution in [1.29, 1.82) is 0 Å². The number of hydrogen-bond acceptors (Lipinski definition) is 4. The Balaban J connectivity index is 3.04. The third-order valence-corrected chi connectivity index (χ3v) is 3.12. The van der Waals surface area contributed by atoms with E-state index in [1.807, 2.05) is 20.8 Å². The Bertz CT molecular complexity index is 204. The molecule has 78 valence electrons. The molecule has 1 aliphatic heterocycles. The number of hydrogen-bond donors (Lipinski definition) is 2. The lowest BCUT2D eigenvalue weighted by molar-refractivity contribution is -0.260. The summed E-state index contributed by atoms with van der Waals surface area (Å²) in [5, 5.41) is 22.2. The van der Waals surface area contributed by atoms with Gasteiger partial charge in [-0.1, -0.05) is 6.92 Å². The number of nitrogens with zero attached hydrogens (tertiary/aromatic N) is 2. The van der Waals surface area contributed by atoms with Gasteiger partial charge in [-0.15, -0.1) is 0 Å². The Morgan fingerprint density at radius 1 is 1.15 bits per heavy atom. The fourth-order valence-electron chi connectivity index (χ4n) is 2.30. The van der Waals surface area contributed by atoms with Crippen molar-refractivity contribution in [2.45, 2.75) is 58.3 Å². The molecule has 0 aliphatic carbocycles. The van der Waals surface area contributed by atoms with Crippen molar-refractivity contribution in [2.24, 2.45) is 0 Å². The van der Waals surface area contributed by atoms with Crippen LogP contribution in [0.5, 0.6) is 0 Å². The number of rotatable bonds is 1. The smallest absolute Gasteiger partial charge is 0.116 e.